The van der Waals surface area contributed by atoms with Crippen molar-refractivity contribution in [2.24, 2.45) is 4.99 Å². The van der Waals surface area contributed by atoms with E-state index in [9.17, 15) is 0 Å². The van der Waals surface area contributed by atoms with E-state index in [4.69, 9.17) is 4.74 Å². The van der Waals surface area contributed by atoms with Gasteiger partial charge in [0.15, 0.2) is 5.96 Å². The zero-order chi connectivity index (χ0) is 18.9. The molecule has 3 heterocycles. The molecule has 1 aliphatic heterocycles. The molecule has 0 aromatic carbocycles. The first-order chi connectivity index (χ1) is 13.3. The Kier molecular flexibility index (Phi) is 10.7. The van der Waals surface area contributed by atoms with E-state index >= 15 is 0 Å². The zero-order valence-corrected chi connectivity index (χ0v) is 20.5. The van der Waals surface area contributed by atoms with E-state index in [2.05, 4.69) is 49.9 Å². The molecule has 0 radical (unpaired) electrons. The van der Waals surface area contributed by atoms with Crippen LogP contribution in [0.15, 0.2) is 28.7 Å². The number of halogens is 1. The second-order valence-electron chi connectivity index (χ2n) is 6.38. The van der Waals surface area contributed by atoms with Crippen LogP contribution in [-0.4, -0.2) is 62.3 Å². The Morgan fingerprint density at radius 3 is 2.82 bits per heavy atom. The number of rotatable bonds is 8. The Morgan fingerprint density at radius 1 is 1.36 bits per heavy atom. The van der Waals surface area contributed by atoms with Crippen molar-refractivity contribution in [2.45, 2.75) is 25.8 Å². The fourth-order valence-corrected chi connectivity index (χ4v) is 4.83. The predicted octanol–water partition coefficient (Wildman–Crippen LogP) is 3.17. The third kappa shape index (κ3) is 6.94. The molecular formula is C19H30IN5OS2. The summed E-state index contributed by atoms with van der Waals surface area (Å²) >= 11 is 3.61. The second kappa shape index (κ2) is 12.7. The van der Waals surface area contributed by atoms with Gasteiger partial charge in [-0.2, -0.15) is 0 Å². The summed E-state index contributed by atoms with van der Waals surface area (Å²) in [5.74, 6) is 0.845. The van der Waals surface area contributed by atoms with Gasteiger partial charge in [-0.25, -0.2) is 4.98 Å². The molecule has 1 atom stereocenters. The number of hydrogen-bond donors (Lipinski definition) is 2. The summed E-state index contributed by atoms with van der Waals surface area (Å²) < 4.78 is 5.52. The minimum absolute atomic E-state index is 0. The van der Waals surface area contributed by atoms with Crippen molar-refractivity contribution < 1.29 is 4.74 Å². The molecule has 1 saturated heterocycles. The third-order valence-electron chi connectivity index (χ3n) is 4.63. The van der Waals surface area contributed by atoms with Crippen LogP contribution in [0, 0.1) is 0 Å². The van der Waals surface area contributed by atoms with Gasteiger partial charge in [0.1, 0.15) is 0 Å². The van der Waals surface area contributed by atoms with Gasteiger partial charge in [0, 0.05) is 55.6 Å². The fourth-order valence-electron chi connectivity index (χ4n) is 3.11. The van der Waals surface area contributed by atoms with Crippen LogP contribution < -0.4 is 10.6 Å². The van der Waals surface area contributed by atoms with Crippen molar-refractivity contribution in [3.05, 3.63) is 38.5 Å². The zero-order valence-electron chi connectivity index (χ0n) is 16.5. The van der Waals surface area contributed by atoms with Gasteiger partial charge in [-0.3, -0.25) is 9.89 Å². The van der Waals surface area contributed by atoms with Crippen LogP contribution in [-0.2, 0) is 17.6 Å². The van der Waals surface area contributed by atoms with E-state index < -0.39 is 0 Å². The summed E-state index contributed by atoms with van der Waals surface area (Å²) in [4.78, 5) is 14.1. The van der Waals surface area contributed by atoms with Crippen LogP contribution in [0.4, 0.5) is 0 Å². The quantitative estimate of drug-likeness (QED) is 0.309. The van der Waals surface area contributed by atoms with Crippen LogP contribution >= 0.6 is 46.7 Å². The maximum atomic E-state index is 5.52. The molecular weight excluding hydrogens is 505 g/mol. The van der Waals surface area contributed by atoms with Crippen molar-refractivity contribution in [3.63, 3.8) is 0 Å². The standard InChI is InChI=1S/C19H29N5OS2.HI/c1-3-15-13-22-18(27-15)6-7-21-19(20-2)23-14-16(17-5-4-12-26-17)24-8-10-25-11-9-24;/h4-5,12-13,16H,3,6-11,14H2,1-2H3,(H2,20,21,23);1H. The van der Waals surface area contributed by atoms with Crippen molar-refractivity contribution in [2.75, 3.05) is 46.4 Å². The Balaban J connectivity index is 0.00000280. The molecule has 1 fully saturated rings. The molecule has 0 saturated carbocycles. The smallest absolute Gasteiger partial charge is 0.191 e. The second-order valence-corrected chi connectivity index (χ2v) is 8.56. The number of morpholine rings is 1. The van der Waals surface area contributed by atoms with Gasteiger partial charge in [-0.15, -0.1) is 46.7 Å². The lowest BCUT2D eigenvalue weighted by Gasteiger charge is -2.34. The Bertz CT molecular complexity index is 701. The number of aliphatic imine (C=N–C) groups is 1. The van der Waals surface area contributed by atoms with E-state index in [1.165, 1.54) is 14.8 Å². The molecule has 2 N–H and O–H groups in total. The molecule has 2 aromatic heterocycles. The first-order valence-electron chi connectivity index (χ1n) is 9.53. The van der Waals surface area contributed by atoms with Gasteiger partial charge in [-0.05, 0) is 17.9 Å². The number of aromatic nitrogens is 1. The molecule has 28 heavy (non-hydrogen) atoms. The summed E-state index contributed by atoms with van der Waals surface area (Å²) in [5, 5.41) is 10.2. The SMILES string of the molecule is CCc1cnc(CCNC(=NC)NCC(c2cccs2)N2CCOCC2)s1.I. The summed E-state index contributed by atoms with van der Waals surface area (Å²) in [5.41, 5.74) is 0. The van der Waals surface area contributed by atoms with E-state index in [-0.39, 0.29) is 24.0 Å². The summed E-state index contributed by atoms with van der Waals surface area (Å²) in [7, 11) is 1.82. The van der Waals surface area contributed by atoms with E-state index in [1.54, 1.807) is 11.3 Å². The molecule has 6 nitrogen and oxygen atoms in total. The van der Waals surface area contributed by atoms with Crippen LogP contribution in [0.5, 0.6) is 0 Å². The minimum atomic E-state index is 0. The number of thiophene rings is 1. The first kappa shape index (κ1) is 23.5. The average molecular weight is 536 g/mol. The summed E-state index contributed by atoms with van der Waals surface area (Å²) in [6.07, 6.45) is 3.96. The Hall–Kier alpha value is -0.750. The number of ether oxygens (including phenoxy) is 1. The molecule has 0 amide bonds. The van der Waals surface area contributed by atoms with E-state index in [0.29, 0.717) is 6.04 Å². The number of aryl methyl sites for hydroxylation is 1. The maximum absolute atomic E-state index is 5.52. The topological polar surface area (TPSA) is 61.8 Å². The lowest BCUT2D eigenvalue weighted by atomic mass is 10.2. The van der Waals surface area contributed by atoms with Crippen molar-refractivity contribution in [1.82, 2.24) is 20.5 Å². The van der Waals surface area contributed by atoms with Crippen LogP contribution in [0.3, 0.4) is 0 Å². The van der Waals surface area contributed by atoms with Gasteiger partial charge in [0.2, 0.25) is 0 Å². The monoisotopic (exact) mass is 535 g/mol. The molecule has 2 aromatic rings. The lowest BCUT2D eigenvalue weighted by Crippen LogP contribution is -2.46. The van der Waals surface area contributed by atoms with E-state index in [1.807, 2.05) is 24.6 Å². The summed E-state index contributed by atoms with van der Waals surface area (Å²) in [6, 6.07) is 4.69. The number of nitrogens with one attached hydrogen (secondary N) is 2. The number of nitrogens with zero attached hydrogens (tertiary/aromatic N) is 3. The van der Waals surface area contributed by atoms with Crippen molar-refractivity contribution in [1.29, 1.82) is 0 Å². The normalized spacial score (nSPS) is 16.4. The van der Waals surface area contributed by atoms with Gasteiger partial charge in [-0.1, -0.05) is 13.0 Å². The predicted molar refractivity (Wildman–Crippen MR) is 129 cm³/mol. The fraction of sp³-hybridized carbons (Fsp3) is 0.579. The minimum Gasteiger partial charge on any atom is -0.379 e. The Labute approximate surface area is 192 Å². The molecule has 1 aliphatic rings. The lowest BCUT2D eigenvalue weighted by molar-refractivity contribution is 0.0177. The van der Waals surface area contributed by atoms with Crippen LogP contribution in [0.2, 0.25) is 0 Å². The highest BCUT2D eigenvalue weighted by atomic mass is 127. The highest BCUT2D eigenvalue weighted by molar-refractivity contribution is 14.0. The van der Waals surface area contributed by atoms with Gasteiger partial charge >= 0.3 is 0 Å². The highest BCUT2D eigenvalue weighted by Gasteiger charge is 2.23. The molecule has 1 unspecified atom stereocenters. The molecule has 156 valence electrons. The number of hydrogen-bond acceptors (Lipinski definition) is 6. The van der Waals surface area contributed by atoms with Gasteiger partial charge in [0.25, 0.3) is 0 Å². The van der Waals surface area contributed by atoms with Gasteiger partial charge in [0.05, 0.1) is 24.3 Å². The van der Waals surface area contributed by atoms with E-state index in [0.717, 1.165) is 58.2 Å². The van der Waals surface area contributed by atoms with Crippen molar-refractivity contribution >= 4 is 52.6 Å². The Morgan fingerprint density at radius 2 is 2.18 bits per heavy atom. The molecule has 3 rings (SSSR count). The largest absolute Gasteiger partial charge is 0.379 e. The van der Waals surface area contributed by atoms with Crippen molar-refractivity contribution in [3.8, 4) is 0 Å². The first-order valence-corrected chi connectivity index (χ1v) is 11.2. The molecule has 0 aliphatic carbocycles. The average Bonchev–Trinajstić information content (AvgIpc) is 3.40. The highest BCUT2D eigenvalue weighted by Crippen LogP contribution is 2.25. The number of guanidine groups is 1. The molecule has 9 heteroatoms. The summed E-state index contributed by atoms with van der Waals surface area (Å²) in [6.45, 7) is 7.39. The maximum Gasteiger partial charge on any atom is 0.191 e. The number of thiazole rings is 1. The van der Waals surface area contributed by atoms with Crippen LogP contribution in [0.25, 0.3) is 0 Å². The molecule has 0 bridgehead atoms. The van der Waals surface area contributed by atoms with Crippen LogP contribution in [0.1, 0.15) is 27.7 Å². The van der Waals surface area contributed by atoms with Gasteiger partial charge < -0.3 is 15.4 Å². The molecule has 0 spiro atoms. The third-order valence-corrected chi connectivity index (χ3v) is 6.80.